The number of nitrogens with zero attached hydrogens (tertiary/aromatic N) is 3. The van der Waals surface area contributed by atoms with Gasteiger partial charge in [-0.3, -0.25) is 0 Å². The van der Waals surface area contributed by atoms with Crippen LogP contribution in [0.15, 0.2) is 188 Å². The van der Waals surface area contributed by atoms with Gasteiger partial charge >= 0.3 is 0 Å². The molecule has 0 spiro atoms. The average molecular weight is 626 g/mol. The zero-order valence-corrected chi connectivity index (χ0v) is 26.7. The Bertz CT molecular complexity index is 2420. The second kappa shape index (κ2) is 12.2. The average Bonchev–Trinajstić information content (AvgIpc) is 3.52. The van der Waals surface area contributed by atoms with Crippen molar-refractivity contribution < 1.29 is 0 Å². The third-order valence-corrected chi connectivity index (χ3v) is 9.21. The van der Waals surface area contributed by atoms with Gasteiger partial charge < -0.3 is 4.57 Å². The topological polar surface area (TPSA) is 30.7 Å². The van der Waals surface area contributed by atoms with E-state index in [0.717, 1.165) is 44.8 Å². The lowest BCUT2D eigenvalue weighted by Crippen LogP contribution is -1.98. The molecule has 0 bridgehead atoms. The predicted molar refractivity (Wildman–Crippen MR) is 204 cm³/mol. The number of hydrogen-bond donors (Lipinski definition) is 0. The van der Waals surface area contributed by atoms with Gasteiger partial charge in [0.2, 0.25) is 0 Å². The Labute approximate surface area is 285 Å². The summed E-state index contributed by atoms with van der Waals surface area (Å²) in [5, 5.41) is 2.44. The Morgan fingerprint density at radius 2 is 0.755 bits per heavy atom. The Balaban J connectivity index is 1.24. The van der Waals surface area contributed by atoms with E-state index >= 15 is 0 Å². The molecule has 0 saturated carbocycles. The fraction of sp³-hybridized carbons (Fsp3) is 0. The molecule has 0 aliphatic carbocycles. The Morgan fingerprint density at radius 3 is 1.29 bits per heavy atom. The van der Waals surface area contributed by atoms with E-state index < -0.39 is 0 Å². The maximum absolute atomic E-state index is 5.12. The maximum Gasteiger partial charge on any atom is 0.160 e. The molecular weight excluding hydrogens is 595 g/mol. The number of aromatic nitrogens is 3. The highest BCUT2D eigenvalue weighted by molar-refractivity contribution is 6.11. The van der Waals surface area contributed by atoms with Crippen molar-refractivity contribution in [2.24, 2.45) is 0 Å². The molecule has 9 aromatic rings. The van der Waals surface area contributed by atoms with Crippen molar-refractivity contribution in [1.82, 2.24) is 14.5 Å². The summed E-state index contributed by atoms with van der Waals surface area (Å²) in [6.45, 7) is 0. The van der Waals surface area contributed by atoms with Gasteiger partial charge in [-0.05, 0) is 64.7 Å². The van der Waals surface area contributed by atoms with Crippen molar-refractivity contribution in [3.8, 4) is 61.8 Å². The summed E-state index contributed by atoms with van der Waals surface area (Å²) in [5.74, 6) is 0.709. The first-order valence-electron chi connectivity index (χ1n) is 16.6. The largest absolute Gasteiger partial charge is 0.309 e. The number of benzene rings is 7. The molecule has 3 nitrogen and oxygen atoms in total. The van der Waals surface area contributed by atoms with Crippen molar-refractivity contribution in [3.05, 3.63) is 188 Å². The molecule has 3 heteroatoms. The lowest BCUT2D eigenvalue weighted by atomic mass is 10.0. The van der Waals surface area contributed by atoms with E-state index in [1.807, 2.05) is 24.3 Å². The van der Waals surface area contributed by atoms with Gasteiger partial charge in [0.25, 0.3) is 0 Å². The molecular formula is C46H31N3. The van der Waals surface area contributed by atoms with E-state index in [1.54, 1.807) is 0 Å². The zero-order chi connectivity index (χ0) is 32.6. The molecule has 2 aromatic heterocycles. The van der Waals surface area contributed by atoms with E-state index in [2.05, 4.69) is 168 Å². The fourth-order valence-corrected chi connectivity index (χ4v) is 6.79. The van der Waals surface area contributed by atoms with Crippen LogP contribution in [0.1, 0.15) is 0 Å². The van der Waals surface area contributed by atoms with Gasteiger partial charge in [-0.1, -0.05) is 146 Å². The highest BCUT2D eigenvalue weighted by Gasteiger charge is 2.16. The third kappa shape index (κ3) is 5.38. The second-order valence-corrected chi connectivity index (χ2v) is 12.3. The van der Waals surface area contributed by atoms with Crippen molar-refractivity contribution in [3.63, 3.8) is 0 Å². The lowest BCUT2D eigenvalue weighted by Gasteiger charge is -2.12. The minimum absolute atomic E-state index is 0.709. The van der Waals surface area contributed by atoms with Crippen molar-refractivity contribution >= 4 is 21.8 Å². The van der Waals surface area contributed by atoms with Crippen LogP contribution in [0.3, 0.4) is 0 Å². The van der Waals surface area contributed by atoms with Crippen LogP contribution in [0.25, 0.3) is 83.6 Å². The summed E-state index contributed by atoms with van der Waals surface area (Å²) in [5.41, 5.74) is 13.1. The predicted octanol–water partition coefficient (Wildman–Crippen LogP) is 11.9. The van der Waals surface area contributed by atoms with E-state index in [-0.39, 0.29) is 0 Å². The molecule has 0 radical (unpaired) electrons. The van der Waals surface area contributed by atoms with Crippen LogP contribution >= 0.6 is 0 Å². The first-order valence-corrected chi connectivity index (χ1v) is 16.6. The first-order chi connectivity index (χ1) is 24.3. The summed E-state index contributed by atoms with van der Waals surface area (Å²) in [6, 6.07) is 66.3. The van der Waals surface area contributed by atoms with Crippen LogP contribution in [-0.4, -0.2) is 14.5 Å². The van der Waals surface area contributed by atoms with Gasteiger partial charge in [0.15, 0.2) is 5.82 Å². The molecule has 0 aliphatic rings. The first kappa shape index (κ1) is 28.6. The molecule has 7 aromatic carbocycles. The van der Waals surface area contributed by atoms with Gasteiger partial charge in [0.1, 0.15) is 0 Å². The summed E-state index contributed by atoms with van der Waals surface area (Å²) in [7, 11) is 0. The second-order valence-electron chi connectivity index (χ2n) is 12.3. The van der Waals surface area contributed by atoms with Gasteiger partial charge in [0, 0.05) is 33.2 Å². The standard InChI is InChI=1S/C46H31N3/c1-5-14-32(15-6-1)36-24-26-44-40(29-36)41-30-37(33-16-7-2-8-17-33)25-27-45(41)49(44)39-23-13-22-38(28-39)43-31-42(34-18-9-3-10-19-34)47-46(48-43)35-20-11-4-12-21-35/h1-31H. The van der Waals surface area contributed by atoms with Crippen LogP contribution in [0, 0.1) is 0 Å². The van der Waals surface area contributed by atoms with Crippen molar-refractivity contribution in [1.29, 1.82) is 0 Å². The quantitative estimate of drug-likeness (QED) is 0.184. The molecule has 0 aliphatic heterocycles. The molecule has 0 atom stereocenters. The van der Waals surface area contributed by atoms with Crippen LogP contribution in [0.5, 0.6) is 0 Å². The summed E-state index contributed by atoms with van der Waals surface area (Å²) in [4.78, 5) is 10.1. The van der Waals surface area contributed by atoms with E-state index in [1.165, 1.54) is 33.0 Å². The smallest absolute Gasteiger partial charge is 0.160 e. The van der Waals surface area contributed by atoms with E-state index in [9.17, 15) is 0 Å². The molecule has 49 heavy (non-hydrogen) atoms. The summed E-state index contributed by atoms with van der Waals surface area (Å²) < 4.78 is 2.38. The number of fused-ring (bicyclic) bond motifs is 3. The minimum Gasteiger partial charge on any atom is -0.309 e. The number of hydrogen-bond acceptors (Lipinski definition) is 2. The van der Waals surface area contributed by atoms with Gasteiger partial charge in [-0.2, -0.15) is 0 Å². The van der Waals surface area contributed by atoms with Crippen molar-refractivity contribution in [2.75, 3.05) is 0 Å². The van der Waals surface area contributed by atoms with E-state index in [4.69, 9.17) is 9.97 Å². The molecule has 9 rings (SSSR count). The monoisotopic (exact) mass is 625 g/mol. The number of rotatable bonds is 6. The zero-order valence-electron chi connectivity index (χ0n) is 26.7. The highest BCUT2D eigenvalue weighted by atomic mass is 15.0. The van der Waals surface area contributed by atoms with E-state index in [0.29, 0.717) is 5.82 Å². The summed E-state index contributed by atoms with van der Waals surface area (Å²) >= 11 is 0. The fourth-order valence-electron chi connectivity index (χ4n) is 6.79. The molecule has 2 heterocycles. The normalized spacial score (nSPS) is 11.3. The summed E-state index contributed by atoms with van der Waals surface area (Å²) in [6.07, 6.45) is 0. The molecule has 0 unspecified atom stereocenters. The van der Waals surface area contributed by atoms with Gasteiger partial charge in [-0.15, -0.1) is 0 Å². The molecule has 0 saturated heterocycles. The van der Waals surface area contributed by atoms with Gasteiger partial charge in [-0.25, -0.2) is 9.97 Å². The van der Waals surface area contributed by atoms with Crippen LogP contribution in [0.2, 0.25) is 0 Å². The SMILES string of the molecule is c1ccc(-c2ccc3c(c2)c2cc(-c4ccccc4)ccc2n3-c2cccc(-c3cc(-c4ccccc4)nc(-c4ccccc4)n3)c2)cc1. The van der Waals surface area contributed by atoms with Crippen LogP contribution in [0.4, 0.5) is 0 Å². The molecule has 0 amide bonds. The van der Waals surface area contributed by atoms with Gasteiger partial charge in [0.05, 0.1) is 22.4 Å². The Hall–Kier alpha value is -6.58. The minimum atomic E-state index is 0.709. The van der Waals surface area contributed by atoms with Crippen LogP contribution in [-0.2, 0) is 0 Å². The van der Waals surface area contributed by atoms with Crippen molar-refractivity contribution in [2.45, 2.75) is 0 Å². The molecule has 230 valence electrons. The lowest BCUT2D eigenvalue weighted by molar-refractivity contribution is 1.16. The maximum atomic E-state index is 5.12. The Morgan fingerprint density at radius 1 is 0.306 bits per heavy atom. The molecule has 0 fully saturated rings. The molecule has 0 N–H and O–H groups in total. The Kier molecular flexibility index (Phi) is 7.14. The van der Waals surface area contributed by atoms with Crippen LogP contribution < -0.4 is 0 Å². The third-order valence-electron chi connectivity index (χ3n) is 9.21. The highest BCUT2D eigenvalue weighted by Crippen LogP contribution is 2.38.